The Labute approximate surface area is 139 Å². The van der Waals surface area contributed by atoms with Gasteiger partial charge in [-0.15, -0.1) is 0 Å². The smallest absolute Gasteiger partial charge is 0.166 e. The average molecular weight is 359 g/mol. The molecule has 0 amide bonds. The van der Waals surface area contributed by atoms with Crippen molar-refractivity contribution in [2.24, 2.45) is 5.41 Å². The molecule has 1 heterocycles. The molecule has 3 aliphatic rings. The molecule has 2 atom stereocenters. The van der Waals surface area contributed by atoms with Crippen molar-refractivity contribution in [3.63, 3.8) is 0 Å². The predicted molar refractivity (Wildman–Crippen MR) is 89.5 cm³/mol. The number of allylic oxidation sites excluding steroid dienone is 3. The van der Waals surface area contributed by atoms with E-state index in [4.69, 9.17) is 4.74 Å². The summed E-state index contributed by atoms with van der Waals surface area (Å²) in [6.45, 7) is 4.28. The van der Waals surface area contributed by atoms with Crippen LogP contribution in [-0.4, -0.2) is 11.4 Å². The molecule has 2 aliphatic carbocycles. The number of ether oxygens (including phenoxy) is 1. The second-order valence-electron chi connectivity index (χ2n) is 7.48. The Kier molecular flexibility index (Phi) is 2.96. The highest BCUT2D eigenvalue weighted by molar-refractivity contribution is 9.10. The maximum Gasteiger partial charge on any atom is 0.166 e. The summed E-state index contributed by atoms with van der Waals surface area (Å²) in [6.07, 6.45) is 6.58. The zero-order chi connectivity index (χ0) is 15.5. The largest absolute Gasteiger partial charge is 0.486 e. The van der Waals surface area contributed by atoms with Crippen LogP contribution in [0.15, 0.2) is 52.2 Å². The molecule has 0 saturated heterocycles. The Hall–Kier alpha value is -1.35. The van der Waals surface area contributed by atoms with E-state index in [0.717, 1.165) is 28.6 Å². The zero-order valence-corrected chi connectivity index (χ0v) is 14.4. The van der Waals surface area contributed by atoms with Gasteiger partial charge in [-0.1, -0.05) is 41.9 Å². The number of rotatable bonds is 1. The van der Waals surface area contributed by atoms with Gasteiger partial charge in [0.1, 0.15) is 11.4 Å². The third-order valence-corrected chi connectivity index (χ3v) is 5.48. The number of Topliss-reactive ketones (excluding diaryl/α,β-unsaturated/α-hetero) is 1. The van der Waals surface area contributed by atoms with E-state index in [1.807, 2.05) is 6.08 Å². The highest BCUT2D eigenvalue weighted by Gasteiger charge is 2.58. The molecule has 1 aliphatic heterocycles. The Bertz CT molecular complexity index is 711. The first-order valence-electron chi connectivity index (χ1n) is 7.79. The number of hydrogen-bond donors (Lipinski definition) is 0. The second kappa shape index (κ2) is 4.58. The predicted octanol–water partition coefficient (Wildman–Crippen LogP) is 4.90. The molecule has 114 valence electrons. The van der Waals surface area contributed by atoms with Crippen LogP contribution in [0.2, 0.25) is 0 Å². The maximum atomic E-state index is 12.3. The fourth-order valence-corrected chi connectivity index (χ4v) is 3.96. The van der Waals surface area contributed by atoms with Crippen LogP contribution in [0.4, 0.5) is 0 Å². The maximum absolute atomic E-state index is 12.3. The lowest BCUT2D eigenvalue weighted by Crippen LogP contribution is -2.30. The van der Waals surface area contributed by atoms with E-state index >= 15 is 0 Å². The molecule has 1 aromatic rings. The summed E-state index contributed by atoms with van der Waals surface area (Å²) >= 11 is 3.48. The van der Waals surface area contributed by atoms with Crippen LogP contribution >= 0.6 is 15.9 Å². The Balaban J connectivity index is 1.60. The van der Waals surface area contributed by atoms with Crippen molar-refractivity contribution in [2.45, 2.75) is 44.6 Å². The summed E-state index contributed by atoms with van der Waals surface area (Å²) < 4.78 is 7.45. The van der Waals surface area contributed by atoms with Crippen LogP contribution in [0.25, 0.3) is 0 Å². The van der Waals surface area contributed by atoms with Gasteiger partial charge in [0.15, 0.2) is 5.78 Å². The van der Waals surface area contributed by atoms with Crippen molar-refractivity contribution < 1.29 is 9.53 Å². The fraction of sp³-hybridized carbons (Fsp3) is 0.421. The zero-order valence-electron chi connectivity index (χ0n) is 12.9. The number of benzene rings is 1. The Morgan fingerprint density at radius 2 is 1.91 bits per heavy atom. The van der Waals surface area contributed by atoms with Crippen molar-refractivity contribution in [3.05, 3.63) is 57.8 Å². The molecule has 3 heteroatoms. The van der Waals surface area contributed by atoms with E-state index < -0.39 is 0 Å². The molecular weight excluding hydrogens is 340 g/mol. The van der Waals surface area contributed by atoms with Gasteiger partial charge in [-0.25, -0.2) is 0 Å². The van der Waals surface area contributed by atoms with E-state index in [0.29, 0.717) is 12.3 Å². The molecule has 1 aromatic carbocycles. The van der Waals surface area contributed by atoms with Crippen LogP contribution in [-0.2, 0) is 9.53 Å². The molecule has 1 spiro atoms. The molecular formula is C19H19BrO2. The van der Waals surface area contributed by atoms with E-state index in [1.165, 1.54) is 5.56 Å². The van der Waals surface area contributed by atoms with Crippen molar-refractivity contribution in [1.82, 2.24) is 0 Å². The van der Waals surface area contributed by atoms with Gasteiger partial charge >= 0.3 is 0 Å². The molecule has 1 fully saturated rings. The van der Waals surface area contributed by atoms with Gasteiger partial charge in [-0.2, -0.15) is 0 Å². The summed E-state index contributed by atoms with van der Waals surface area (Å²) in [7, 11) is 0. The molecule has 0 unspecified atom stereocenters. The van der Waals surface area contributed by atoms with Gasteiger partial charge in [-0.05, 0) is 35.3 Å². The second-order valence-corrected chi connectivity index (χ2v) is 8.39. The van der Waals surface area contributed by atoms with Crippen molar-refractivity contribution >= 4 is 21.7 Å². The highest BCUT2D eigenvalue weighted by atomic mass is 79.9. The summed E-state index contributed by atoms with van der Waals surface area (Å²) in [5.74, 6) is 1.52. The van der Waals surface area contributed by atoms with Gasteiger partial charge in [-0.3, -0.25) is 4.79 Å². The van der Waals surface area contributed by atoms with Crippen molar-refractivity contribution in [3.8, 4) is 0 Å². The summed E-state index contributed by atoms with van der Waals surface area (Å²) in [6, 6.07) is 8.46. The van der Waals surface area contributed by atoms with Gasteiger partial charge in [0, 0.05) is 29.7 Å². The first kappa shape index (κ1) is 14.3. The number of halogens is 1. The molecule has 0 bridgehead atoms. The molecule has 22 heavy (non-hydrogen) atoms. The Morgan fingerprint density at radius 1 is 1.18 bits per heavy atom. The van der Waals surface area contributed by atoms with Crippen molar-refractivity contribution in [2.75, 3.05) is 0 Å². The van der Waals surface area contributed by atoms with Crippen molar-refractivity contribution in [1.29, 1.82) is 0 Å². The lowest BCUT2D eigenvalue weighted by molar-refractivity contribution is -0.118. The van der Waals surface area contributed by atoms with E-state index in [9.17, 15) is 4.79 Å². The Morgan fingerprint density at radius 3 is 2.64 bits per heavy atom. The third kappa shape index (κ3) is 2.26. The van der Waals surface area contributed by atoms with Gasteiger partial charge in [0.2, 0.25) is 0 Å². The number of carbonyl (C=O) groups excluding carboxylic acids is 1. The van der Waals surface area contributed by atoms with Gasteiger partial charge < -0.3 is 4.74 Å². The number of hydrogen-bond acceptors (Lipinski definition) is 2. The molecule has 0 aromatic heterocycles. The van der Waals surface area contributed by atoms with Gasteiger partial charge in [0.25, 0.3) is 0 Å². The minimum absolute atomic E-state index is 0.00425. The summed E-state index contributed by atoms with van der Waals surface area (Å²) in [5.41, 5.74) is 1.88. The first-order chi connectivity index (χ1) is 10.4. The van der Waals surface area contributed by atoms with Gasteiger partial charge in [0.05, 0.1) is 5.57 Å². The van der Waals surface area contributed by atoms with Crippen LogP contribution in [0.5, 0.6) is 0 Å². The lowest BCUT2D eigenvalue weighted by Gasteiger charge is -2.35. The summed E-state index contributed by atoms with van der Waals surface area (Å²) in [4.78, 5) is 12.3. The molecule has 2 nitrogen and oxygen atoms in total. The lowest BCUT2D eigenvalue weighted by atomic mass is 9.76. The topological polar surface area (TPSA) is 26.3 Å². The van der Waals surface area contributed by atoms with Crippen LogP contribution < -0.4 is 0 Å². The minimum atomic E-state index is -0.222. The number of ketones is 1. The standard InChI is InChI=1S/C19H19BrO2/c1-18(2)10-16(21)14-7-8-19(22-17(14)11-18)9-15(19)12-3-5-13(20)6-4-12/h3-8,15H,9-11H2,1-2H3/t15-,19+/m0/s1. The highest BCUT2D eigenvalue weighted by Crippen LogP contribution is 2.59. The first-order valence-corrected chi connectivity index (χ1v) is 8.58. The minimum Gasteiger partial charge on any atom is -0.486 e. The number of carbonyl (C=O) groups is 1. The normalized spacial score (nSPS) is 32.0. The van der Waals surface area contributed by atoms with Crippen LogP contribution in [0.1, 0.15) is 44.6 Å². The van der Waals surface area contributed by atoms with E-state index in [1.54, 1.807) is 0 Å². The molecule has 4 rings (SSSR count). The van der Waals surface area contributed by atoms with Crippen LogP contribution in [0.3, 0.4) is 0 Å². The van der Waals surface area contributed by atoms with E-state index in [-0.39, 0.29) is 16.8 Å². The fourth-order valence-electron chi connectivity index (χ4n) is 3.69. The SMILES string of the molecule is CC1(C)CC(=O)C2=C(C1)O[C@]1(C=C2)C[C@H]1c1ccc(Br)cc1. The van der Waals surface area contributed by atoms with E-state index in [2.05, 4.69) is 60.1 Å². The third-order valence-electron chi connectivity index (χ3n) is 4.95. The monoisotopic (exact) mass is 358 g/mol. The average Bonchev–Trinajstić information content (AvgIpc) is 3.11. The molecule has 0 N–H and O–H groups in total. The molecule has 0 radical (unpaired) electrons. The van der Waals surface area contributed by atoms with Crippen LogP contribution in [0, 0.1) is 5.41 Å². The summed E-state index contributed by atoms with van der Waals surface area (Å²) in [5, 5.41) is 0. The molecule has 1 saturated carbocycles. The quantitative estimate of drug-likeness (QED) is 0.713.